The van der Waals surface area contributed by atoms with Gasteiger partial charge in [-0.3, -0.25) is 4.79 Å². The van der Waals surface area contributed by atoms with Gasteiger partial charge in [0, 0.05) is 30.3 Å². The third-order valence-electron chi connectivity index (χ3n) is 3.73. The smallest absolute Gasteiger partial charge is 0.254 e. The maximum atomic E-state index is 12.6. The van der Waals surface area contributed by atoms with Gasteiger partial charge < -0.3 is 15.7 Å². The van der Waals surface area contributed by atoms with Crippen LogP contribution in [-0.2, 0) is 0 Å². The number of hydrogen-bond acceptors (Lipinski definition) is 3. The van der Waals surface area contributed by atoms with E-state index in [0.29, 0.717) is 10.6 Å². The number of carbonyl (C=O) groups is 1. The summed E-state index contributed by atoms with van der Waals surface area (Å²) in [5, 5.41) is 8.93. The van der Waals surface area contributed by atoms with E-state index in [1.807, 2.05) is 11.0 Å². The maximum Gasteiger partial charge on any atom is 0.254 e. The van der Waals surface area contributed by atoms with Gasteiger partial charge >= 0.3 is 0 Å². The van der Waals surface area contributed by atoms with Crippen molar-refractivity contribution in [3.63, 3.8) is 0 Å². The summed E-state index contributed by atoms with van der Waals surface area (Å²) in [5.41, 5.74) is 6.96. The summed E-state index contributed by atoms with van der Waals surface area (Å²) in [6, 6.07) is 7.41. The lowest BCUT2D eigenvalue weighted by molar-refractivity contribution is 0.0724. The zero-order valence-electron chi connectivity index (χ0n) is 11.4. The minimum absolute atomic E-state index is 0.0311. The Morgan fingerprint density at radius 2 is 2.20 bits per heavy atom. The van der Waals surface area contributed by atoms with Crippen LogP contribution in [0.15, 0.2) is 24.3 Å². The van der Waals surface area contributed by atoms with Crippen LogP contribution in [0.25, 0.3) is 0 Å². The van der Waals surface area contributed by atoms with E-state index in [4.69, 9.17) is 23.1 Å². The topological polar surface area (TPSA) is 66.6 Å². The molecular weight excluding hydrogens is 272 g/mol. The molecule has 0 spiro atoms. The van der Waals surface area contributed by atoms with Crippen LogP contribution in [0.1, 0.15) is 41.6 Å². The molecule has 4 nitrogen and oxygen atoms in total. The van der Waals surface area contributed by atoms with Gasteiger partial charge in [-0.1, -0.05) is 24.4 Å². The number of hydrogen-bond donors (Lipinski definition) is 2. The molecule has 20 heavy (non-hydrogen) atoms. The van der Waals surface area contributed by atoms with Crippen molar-refractivity contribution in [1.82, 2.24) is 4.90 Å². The van der Waals surface area contributed by atoms with Gasteiger partial charge in [0.1, 0.15) is 4.99 Å². The lowest BCUT2D eigenvalue weighted by Gasteiger charge is -2.24. The molecule has 1 aliphatic rings. The Morgan fingerprint density at radius 3 is 2.90 bits per heavy atom. The van der Waals surface area contributed by atoms with Crippen molar-refractivity contribution in [3.05, 3.63) is 35.4 Å². The third-order valence-corrected chi connectivity index (χ3v) is 3.96. The normalized spacial score (nSPS) is 18.2. The summed E-state index contributed by atoms with van der Waals surface area (Å²) >= 11 is 4.95. The molecule has 1 heterocycles. The van der Waals surface area contributed by atoms with Crippen molar-refractivity contribution < 1.29 is 9.90 Å². The van der Waals surface area contributed by atoms with Gasteiger partial charge in [0.05, 0.1) is 0 Å². The highest BCUT2D eigenvalue weighted by Gasteiger charge is 2.28. The van der Waals surface area contributed by atoms with Gasteiger partial charge in [0.2, 0.25) is 0 Å². The average molecular weight is 292 g/mol. The zero-order chi connectivity index (χ0) is 14.5. The van der Waals surface area contributed by atoms with E-state index in [1.54, 1.807) is 18.2 Å². The average Bonchev–Trinajstić information content (AvgIpc) is 2.92. The molecule has 1 aromatic carbocycles. The molecular formula is C15H20N2O2S. The highest BCUT2D eigenvalue weighted by atomic mass is 32.1. The van der Waals surface area contributed by atoms with Crippen molar-refractivity contribution >= 4 is 23.1 Å². The summed E-state index contributed by atoms with van der Waals surface area (Å²) < 4.78 is 0. The Labute approximate surface area is 124 Å². The maximum absolute atomic E-state index is 12.6. The lowest BCUT2D eigenvalue weighted by Crippen LogP contribution is -2.35. The number of benzene rings is 1. The van der Waals surface area contributed by atoms with Crippen molar-refractivity contribution in [3.8, 4) is 0 Å². The van der Waals surface area contributed by atoms with Gasteiger partial charge in [-0.2, -0.15) is 0 Å². The monoisotopic (exact) mass is 292 g/mol. The summed E-state index contributed by atoms with van der Waals surface area (Å²) in [4.78, 5) is 14.8. The third kappa shape index (κ3) is 3.35. The van der Waals surface area contributed by atoms with Crippen LogP contribution in [0.5, 0.6) is 0 Å². The van der Waals surface area contributed by atoms with Gasteiger partial charge in [-0.15, -0.1) is 0 Å². The molecule has 2 rings (SSSR count). The number of nitrogens with two attached hydrogens (primary N) is 1. The van der Waals surface area contributed by atoms with Gasteiger partial charge in [-0.25, -0.2) is 0 Å². The fourth-order valence-corrected chi connectivity index (χ4v) is 2.83. The highest BCUT2D eigenvalue weighted by molar-refractivity contribution is 7.80. The summed E-state index contributed by atoms with van der Waals surface area (Å²) in [5.74, 6) is 0.0311. The van der Waals surface area contributed by atoms with E-state index in [-0.39, 0.29) is 18.6 Å². The summed E-state index contributed by atoms with van der Waals surface area (Å²) in [6.45, 7) is 0.960. The van der Waals surface area contributed by atoms with E-state index >= 15 is 0 Å². The molecule has 0 bridgehead atoms. The van der Waals surface area contributed by atoms with Crippen molar-refractivity contribution in [2.24, 2.45) is 5.73 Å². The predicted molar refractivity (Wildman–Crippen MR) is 82.7 cm³/mol. The first-order valence-corrected chi connectivity index (χ1v) is 7.36. The summed E-state index contributed by atoms with van der Waals surface area (Å²) in [7, 11) is 0. The Bertz CT molecular complexity index is 504. The number of nitrogens with zero attached hydrogens (tertiary/aromatic N) is 1. The van der Waals surface area contributed by atoms with Crippen LogP contribution < -0.4 is 5.73 Å². The number of aliphatic hydroxyl groups excluding tert-OH is 1. The molecule has 0 radical (unpaired) electrons. The second kappa shape index (κ2) is 6.81. The first-order valence-electron chi connectivity index (χ1n) is 6.95. The number of rotatable bonds is 5. The standard InChI is InChI=1S/C15H20N2O2S/c16-14(20)11-4-1-5-12(10-11)15(19)17-8-2-6-13(17)7-3-9-18/h1,4-5,10,13,18H,2-3,6-9H2,(H2,16,20). The van der Waals surface area contributed by atoms with Crippen LogP contribution in [-0.4, -0.2) is 40.1 Å². The Morgan fingerprint density at radius 1 is 1.45 bits per heavy atom. The molecule has 0 saturated carbocycles. The fourth-order valence-electron chi connectivity index (χ4n) is 2.70. The molecule has 1 atom stereocenters. The number of likely N-dealkylation sites (tertiary alicyclic amines) is 1. The minimum atomic E-state index is 0.0311. The van der Waals surface area contributed by atoms with E-state index in [2.05, 4.69) is 0 Å². The molecule has 1 unspecified atom stereocenters. The largest absolute Gasteiger partial charge is 0.396 e. The van der Waals surface area contributed by atoms with Crippen LogP contribution in [0.3, 0.4) is 0 Å². The van der Waals surface area contributed by atoms with E-state index < -0.39 is 0 Å². The SMILES string of the molecule is NC(=S)c1cccc(C(=O)N2CCCC2CCCO)c1. The van der Waals surface area contributed by atoms with Crippen molar-refractivity contribution in [1.29, 1.82) is 0 Å². The first-order chi connectivity index (χ1) is 9.63. The Kier molecular flexibility index (Phi) is 5.09. The van der Waals surface area contributed by atoms with Gasteiger partial charge in [0.25, 0.3) is 5.91 Å². The molecule has 1 fully saturated rings. The Hall–Kier alpha value is -1.46. The zero-order valence-corrected chi connectivity index (χ0v) is 12.2. The molecule has 108 valence electrons. The van der Waals surface area contributed by atoms with E-state index in [0.717, 1.165) is 37.8 Å². The van der Waals surface area contributed by atoms with E-state index in [9.17, 15) is 4.79 Å². The molecule has 1 amide bonds. The second-order valence-electron chi connectivity index (χ2n) is 5.11. The predicted octanol–water partition coefficient (Wildman–Crippen LogP) is 1.70. The van der Waals surface area contributed by atoms with Crippen LogP contribution in [0.2, 0.25) is 0 Å². The second-order valence-corrected chi connectivity index (χ2v) is 5.55. The van der Waals surface area contributed by atoms with E-state index in [1.165, 1.54) is 0 Å². The number of aliphatic hydroxyl groups is 1. The quantitative estimate of drug-likeness (QED) is 0.811. The molecule has 0 aromatic heterocycles. The lowest BCUT2D eigenvalue weighted by atomic mass is 10.1. The van der Waals surface area contributed by atoms with Crippen molar-refractivity contribution in [2.45, 2.75) is 31.7 Å². The molecule has 1 saturated heterocycles. The molecule has 1 aromatic rings. The first kappa shape index (κ1) is 14.9. The Balaban J connectivity index is 2.13. The summed E-state index contributed by atoms with van der Waals surface area (Å²) in [6.07, 6.45) is 3.64. The molecule has 0 aliphatic carbocycles. The number of thiocarbonyl (C=S) groups is 1. The molecule has 5 heteroatoms. The van der Waals surface area contributed by atoms with Crippen LogP contribution >= 0.6 is 12.2 Å². The molecule has 3 N–H and O–H groups in total. The van der Waals surface area contributed by atoms with Gasteiger partial charge in [0.15, 0.2) is 0 Å². The van der Waals surface area contributed by atoms with Crippen molar-refractivity contribution in [2.75, 3.05) is 13.2 Å². The molecule has 1 aliphatic heterocycles. The van der Waals surface area contributed by atoms with Crippen LogP contribution in [0, 0.1) is 0 Å². The number of carbonyl (C=O) groups excluding carboxylic acids is 1. The fraction of sp³-hybridized carbons (Fsp3) is 0.467. The highest BCUT2D eigenvalue weighted by Crippen LogP contribution is 2.23. The minimum Gasteiger partial charge on any atom is -0.396 e. The van der Waals surface area contributed by atoms with Crippen LogP contribution in [0.4, 0.5) is 0 Å². The number of amides is 1. The van der Waals surface area contributed by atoms with Gasteiger partial charge in [-0.05, 0) is 37.8 Å².